The van der Waals surface area contributed by atoms with Crippen molar-refractivity contribution >= 4 is 0 Å². The molecule has 1 N–H and O–H groups in total. The number of aromatic amines is 1. The molecule has 1 aromatic heterocycles. The van der Waals surface area contributed by atoms with Crippen molar-refractivity contribution < 1.29 is 0 Å². The summed E-state index contributed by atoms with van der Waals surface area (Å²) in [5.41, 5.74) is 2.65. The van der Waals surface area contributed by atoms with Crippen LogP contribution in [0.2, 0.25) is 0 Å². The smallest absolute Gasteiger partial charge is 0.0162 e. The summed E-state index contributed by atoms with van der Waals surface area (Å²) in [7, 11) is 0. The van der Waals surface area contributed by atoms with Gasteiger partial charge >= 0.3 is 0 Å². The molecule has 1 fully saturated rings. The van der Waals surface area contributed by atoms with Gasteiger partial charge in [0.05, 0.1) is 0 Å². The molecule has 14 heavy (non-hydrogen) atoms. The molecule has 1 unspecified atom stereocenters. The predicted molar refractivity (Wildman–Crippen MR) is 59.5 cm³/mol. The van der Waals surface area contributed by atoms with Crippen LogP contribution in [0.15, 0.2) is 12.1 Å². The SMILES string of the molecule is Cc1ccc(CCN2CCCC2C)[nH]1. The highest BCUT2D eigenvalue weighted by Gasteiger charge is 2.19. The van der Waals surface area contributed by atoms with Gasteiger partial charge in [0.1, 0.15) is 0 Å². The number of likely N-dealkylation sites (tertiary alicyclic amines) is 1. The summed E-state index contributed by atoms with van der Waals surface area (Å²) in [6.45, 7) is 6.96. The highest BCUT2D eigenvalue weighted by Crippen LogP contribution is 2.16. The van der Waals surface area contributed by atoms with Crippen molar-refractivity contribution in [1.82, 2.24) is 9.88 Å². The van der Waals surface area contributed by atoms with Crippen molar-refractivity contribution in [3.63, 3.8) is 0 Å². The van der Waals surface area contributed by atoms with Gasteiger partial charge in [-0.05, 0) is 45.4 Å². The third-order valence-electron chi connectivity index (χ3n) is 3.25. The maximum Gasteiger partial charge on any atom is 0.0162 e. The van der Waals surface area contributed by atoms with Crippen molar-refractivity contribution in [3.05, 3.63) is 23.5 Å². The fourth-order valence-corrected chi connectivity index (χ4v) is 2.30. The van der Waals surface area contributed by atoms with Crippen LogP contribution in [0.3, 0.4) is 0 Å². The molecule has 2 heterocycles. The van der Waals surface area contributed by atoms with Gasteiger partial charge in [0.2, 0.25) is 0 Å². The Balaban J connectivity index is 1.82. The molecule has 2 nitrogen and oxygen atoms in total. The minimum absolute atomic E-state index is 0.797. The van der Waals surface area contributed by atoms with E-state index >= 15 is 0 Å². The van der Waals surface area contributed by atoms with E-state index in [1.54, 1.807) is 0 Å². The van der Waals surface area contributed by atoms with Crippen LogP contribution >= 0.6 is 0 Å². The Hall–Kier alpha value is -0.760. The summed E-state index contributed by atoms with van der Waals surface area (Å²) in [5, 5.41) is 0. The highest BCUT2D eigenvalue weighted by atomic mass is 15.2. The number of aryl methyl sites for hydroxylation is 1. The Bertz CT molecular complexity index is 290. The lowest BCUT2D eigenvalue weighted by atomic mass is 10.2. The molecule has 0 aliphatic carbocycles. The molecule has 2 rings (SSSR count). The number of H-pyrrole nitrogens is 1. The first kappa shape index (κ1) is 9.78. The molecule has 1 aromatic rings. The lowest BCUT2D eigenvalue weighted by Gasteiger charge is -2.20. The lowest BCUT2D eigenvalue weighted by molar-refractivity contribution is 0.271. The standard InChI is InChI=1S/C12H20N2/c1-10-5-6-12(13-10)7-9-14-8-3-4-11(14)2/h5-6,11,13H,3-4,7-9H2,1-2H3. The van der Waals surface area contributed by atoms with E-state index in [1.807, 2.05) is 0 Å². The topological polar surface area (TPSA) is 19.0 Å². The third kappa shape index (κ3) is 2.18. The first-order valence-electron chi connectivity index (χ1n) is 5.64. The van der Waals surface area contributed by atoms with Crippen molar-refractivity contribution in [2.75, 3.05) is 13.1 Å². The number of hydrogen-bond donors (Lipinski definition) is 1. The normalized spacial score (nSPS) is 23.1. The van der Waals surface area contributed by atoms with Crippen LogP contribution in [0, 0.1) is 6.92 Å². The van der Waals surface area contributed by atoms with Crippen molar-refractivity contribution in [2.45, 2.75) is 39.2 Å². The summed E-state index contributed by atoms with van der Waals surface area (Å²) < 4.78 is 0. The highest BCUT2D eigenvalue weighted by molar-refractivity contribution is 5.11. The van der Waals surface area contributed by atoms with E-state index in [4.69, 9.17) is 0 Å². The van der Waals surface area contributed by atoms with Gasteiger partial charge in [-0.3, -0.25) is 0 Å². The Morgan fingerprint density at radius 2 is 2.36 bits per heavy atom. The Labute approximate surface area is 86.3 Å². The van der Waals surface area contributed by atoms with Gasteiger partial charge in [0, 0.05) is 30.4 Å². The van der Waals surface area contributed by atoms with Crippen molar-refractivity contribution in [1.29, 1.82) is 0 Å². The monoisotopic (exact) mass is 192 g/mol. The van der Waals surface area contributed by atoms with Crippen LogP contribution in [0.5, 0.6) is 0 Å². The minimum Gasteiger partial charge on any atom is -0.362 e. The Kier molecular flexibility index (Phi) is 2.92. The van der Waals surface area contributed by atoms with E-state index in [2.05, 4.69) is 35.9 Å². The molecule has 0 saturated carbocycles. The number of nitrogens with one attached hydrogen (secondary N) is 1. The van der Waals surface area contributed by atoms with Gasteiger partial charge < -0.3 is 9.88 Å². The summed E-state index contributed by atoms with van der Waals surface area (Å²) in [6, 6.07) is 5.16. The zero-order chi connectivity index (χ0) is 9.97. The average molecular weight is 192 g/mol. The first-order chi connectivity index (χ1) is 6.75. The van der Waals surface area contributed by atoms with E-state index in [9.17, 15) is 0 Å². The number of rotatable bonds is 3. The zero-order valence-electron chi connectivity index (χ0n) is 9.21. The van der Waals surface area contributed by atoms with Gasteiger partial charge in [0.15, 0.2) is 0 Å². The van der Waals surface area contributed by atoms with E-state index in [-0.39, 0.29) is 0 Å². The molecule has 1 aliphatic rings. The minimum atomic E-state index is 0.797. The molecular formula is C12H20N2. The molecule has 1 saturated heterocycles. The summed E-state index contributed by atoms with van der Waals surface area (Å²) >= 11 is 0. The van der Waals surface area contributed by atoms with E-state index in [0.717, 1.165) is 12.5 Å². The number of nitrogens with zero attached hydrogens (tertiary/aromatic N) is 1. The molecule has 0 amide bonds. The van der Waals surface area contributed by atoms with E-state index in [1.165, 1.54) is 37.3 Å². The zero-order valence-corrected chi connectivity index (χ0v) is 9.21. The van der Waals surface area contributed by atoms with E-state index < -0.39 is 0 Å². The number of aromatic nitrogens is 1. The lowest BCUT2D eigenvalue weighted by Crippen LogP contribution is -2.29. The first-order valence-corrected chi connectivity index (χ1v) is 5.64. The second-order valence-corrected chi connectivity index (χ2v) is 4.44. The molecule has 2 heteroatoms. The quantitative estimate of drug-likeness (QED) is 0.779. The van der Waals surface area contributed by atoms with Gasteiger partial charge in [-0.2, -0.15) is 0 Å². The van der Waals surface area contributed by atoms with Crippen LogP contribution in [-0.4, -0.2) is 29.0 Å². The van der Waals surface area contributed by atoms with Crippen LogP contribution in [-0.2, 0) is 6.42 Å². The summed E-state index contributed by atoms with van der Waals surface area (Å²) in [5.74, 6) is 0. The molecular weight excluding hydrogens is 172 g/mol. The van der Waals surface area contributed by atoms with Crippen LogP contribution in [0.4, 0.5) is 0 Å². The van der Waals surface area contributed by atoms with Gasteiger partial charge in [0.25, 0.3) is 0 Å². The second-order valence-electron chi connectivity index (χ2n) is 4.44. The summed E-state index contributed by atoms with van der Waals surface area (Å²) in [6.07, 6.45) is 3.92. The fourth-order valence-electron chi connectivity index (χ4n) is 2.30. The van der Waals surface area contributed by atoms with Crippen molar-refractivity contribution in [3.8, 4) is 0 Å². The predicted octanol–water partition coefficient (Wildman–Crippen LogP) is 2.35. The van der Waals surface area contributed by atoms with Gasteiger partial charge in [-0.1, -0.05) is 0 Å². The molecule has 1 aliphatic heterocycles. The van der Waals surface area contributed by atoms with Crippen molar-refractivity contribution in [2.24, 2.45) is 0 Å². The maximum absolute atomic E-state index is 3.39. The van der Waals surface area contributed by atoms with Crippen LogP contribution in [0.1, 0.15) is 31.2 Å². The molecule has 0 aromatic carbocycles. The maximum atomic E-state index is 3.39. The molecule has 0 bridgehead atoms. The average Bonchev–Trinajstić information content (AvgIpc) is 2.72. The third-order valence-corrected chi connectivity index (χ3v) is 3.25. The molecule has 0 radical (unpaired) electrons. The van der Waals surface area contributed by atoms with Gasteiger partial charge in [-0.15, -0.1) is 0 Å². The Morgan fingerprint density at radius 3 is 2.93 bits per heavy atom. The second kappa shape index (κ2) is 4.18. The summed E-state index contributed by atoms with van der Waals surface area (Å²) in [4.78, 5) is 5.98. The van der Waals surface area contributed by atoms with Gasteiger partial charge in [-0.25, -0.2) is 0 Å². The Morgan fingerprint density at radius 1 is 1.50 bits per heavy atom. The molecule has 78 valence electrons. The van der Waals surface area contributed by atoms with Crippen LogP contribution in [0.25, 0.3) is 0 Å². The molecule has 0 spiro atoms. The van der Waals surface area contributed by atoms with E-state index in [0.29, 0.717) is 0 Å². The fraction of sp³-hybridized carbons (Fsp3) is 0.667. The van der Waals surface area contributed by atoms with Crippen LogP contribution < -0.4 is 0 Å². The molecule has 1 atom stereocenters. The number of hydrogen-bond acceptors (Lipinski definition) is 1. The largest absolute Gasteiger partial charge is 0.362 e.